The van der Waals surface area contributed by atoms with Crippen molar-refractivity contribution in [1.82, 2.24) is 10.3 Å². The van der Waals surface area contributed by atoms with Crippen LogP contribution in [0.25, 0.3) is 10.8 Å². The molecule has 1 N–H and O–H groups in total. The highest BCUT2D eigenvalue weighted by Crippen LogP contribution is 2.26. The second kappa shape index (κ2) is 7.66. The zero-order valence-electron chi connectivity index (χ0n) is 14.6. The molecule has 0 spiro atoms. The molecule has 0 atom stereocenters. The summed E-state index contributed by atoms with van der Waals surface area (Å²) in [5.74, 6) is -1.95. The molecule has 1 aliphatic carbocycles. The fourth-order valence-electron chi connectivity index (χ4n) is 3.34. The van der Waals surface area contributed by atoms with Crippen LogP contribution >= 0.6 is 0 Å². The number of nitrogens with zero attached hydrogens (tertiary/aromatic N) is 1. The molecule has 27 heavy (non-hydrogen) atoms. The first-order valence-electron chi connectivity index (χ1n) is 8.90. The summed E-state index contributed by atoms with van der Waals surface area (Å²) >= 11 is 0. The summed E-state index contributed by atoms with van der Waals surface area (Å²) in [5, 5.41) is 5.14. The zero-order chi connectivity index (χ0) is 18.8. The second-order valence-corrected chi connectivity index (χ2v) is 6.85. The van der Waals surface area contributed by atoms with Gasteiger partial charge in [0.25, 0.3) is 0 Å². The zero-order valence-corrected chi connectivity index (χ0v) is 14.6. The van der Waals surface area contributed by atoms with Crippen LogP contribution in [-0.4, -0.2) is 17.1 Å². The highest BCUT2D eigenvalue weighted by molar-refractivity contribution is 5.84. The maximum absolute atomic E-state index is 14.2. The van der Waals surface area contributed by atoms with Gasteiger partial charge in [0, 0.05) is 35.9 Å². The molecule has 1 aliphatic rings. The fraction of sp³-hybridized carbons (Fsp3) is 0.286. The van der Waals surface area contributed by atoms with E-state index < -0.39 is 11.6 Å². The Balaban J connectivity index is 1.27. The van der Waals surface area contributed by atoms with Gasteiger partial charge in [-0.25, -0.2) is 13.2 Å². The van der Waals surface area contributed by atoms with Crippen LogP contribution < -0.4 is 5.32 Å². The van der Waals surface area contributed by atoms with Crippen LogP contribution in [0.4, 0.5) is 13.2 Å². The average molecular weight is 372 g/mol. The number of hydrogen-bond acceptors (Lipinski definition) is 3. The van der Waals surface area contributed by atoms with E-state index in [9.17, 15) is 13.2 Å². The number of nitrogens with one attached hydrogen (secondary N) is 1. The van der Waals surface area contributed by atoms with E-state index in [0.29, 0.717) is 17.7 Å². The molecule has 1 heterocycles. The molecule has 0 amide bonds. The maximum atomic E-state index is 14.2. The molecule has 2 aromatic carbocycles. The lowest BCUT2D eigenvalue weighted by Crippen LogP contribution is -2.45. The standard InChI is InChI=1S/C21H19F3N2O/c22-19-4-2-14-10-25-6-5-17(14)18(19)11-26-15-8-16(9-15)27-12-13-1-3-20(23)21(24)7-13/h1-7,10,15-16,26H,8-9,11-12H2. The van der Waals surface area contributed by atoms with Crippen molar-refractivity contribution >= 4 is 10.8 Å². The minimum atomic E-state index is -0.864. The number of ether oxygens (including phenoxy) is 1. The Morgan fingerprint density at radius 1 is 1.00 bits per heavy atom. The third-order valence-corrected chi connectivity index (χ3v) is 5.01. The SMILES string of the molecule is Fc1ccc(COC2CC(NCc3c(F)ccc4cnccc34)C2)cc1F. The van der Waals surface area contributed by atoms with Gasteiger partial charge in [-0.1, -0.05) is 6.07 Å². The molecule has 6 heteroatoms. The number of aromatic nitrogens is 1. The van der Waals surface area contributed by atoms with Crippen molar-refractivity contribution in [1.29, 1.82) is 0 Å². The normalized spacial score (nSPS) is 19.2. The van der Waals surface area contributed by atoms with Crippen LogP contribution in [-0.2, 0) is 17.9 Å². The first-order valence-corrected chi connectivity index (χ1v) is 8.90. The fourth-order valence-corrected chi connectivity index (χ4v) is 3.34. The third-order valence-electron chi connectivity index (χ3n) is 5.01. The Hall–Kier alpha value is -2.44. The van der Waals surface area contributed by atoms with E-state index in [1.165, 1.54) is 12.1 Å². The number of benzene rings is 2. The number of hydrogen-bond donors (Lipinski definition) is 1. The predicted molar refractivity (Wildman–Crippen MR) is 96.5 cm³/mol. The van der Waals surface area contributed by atoms with Crippen LogP contribution in [0, 0.1) is 17.5 Å². The molecule has 0 radical (unpaired) electrons. The van der Waals surface area contributed by atoms with Gasteiger partial charge >= 0.3 is 0 Å². The van der Waals surface area contributed by atoms with Gasteiger partial charge in [0.2, 0.25) is 0 Å². The van der Waals surface area contributed by atoms with Gasteiger partial charge < -0.3 is 10.1 Å². The van der Waals surface area contributed by atoms with Crippen molar-refractivity contribution in [2.45, 2.75) is 38.1 Å². The van der Waals surface area contributed by atoms with E-state index in [1.54, 1.807) is 18.5 Å². The summed E-state index contributed by atoms with van der Waals surface area (Å²) in [6.07, 6.45) is 5.06. The van der Waals surface area contributed by atoms with Crippen LogP contribution in [0.15, 0.2) is 48.8 Å². The minimum Gasteiger partial charge on any atom is -0.373 e. The lowest BCUT2D eigenvalue weighted by Gasteiger charge is -2.36. The van der Waals surface area contributed by atoms with Crippen LogP contribution in [0.1, 0.15) is 24.0 Å². The van der Waals surface area contributed by atoms with Gasteiger partial charge in [-0.15, -0.1) is 0 Å². The molecule has 0 aliphatic heterocycles. The van der Waals surface area contributed by atoms with E-state index >= 15 is 0 Å². The Morgan fingerprint density at radius 2 is 1.81 bits per heavy atom. The van der Waals surface area contributed by atoms with E-state index in [0.717, 1.165) is 35.7 Å². The van der Waals surface area contributed by atoms with E-state index in [4.69, 9.17) is 4.74 Å². The smallest absolute Gasteiger partial charge is 0.159 e. The molecular weight excluding hydrogens is 353 g/mol. The first-order chi connectivity index (χ1) is 13.1. The minimum absolute atomic E-state index is 0.0668. The largest absolute Gasteiger partial charge is 0.373 e. The van der Waals surface area contributed by atoms with Gasteiger partial charge in [-0.2, -0.15) is 0 Å². The van der Waals surface area contributed by atoms with Crippen molar-refractivity contribution < 1.29 is 17.9 Å². The van der Waals surface area contributed by atoms with Crippen LogP contribution in [0.2, 0.25) is 0 Å². The van der Waals surface area contributed by atoms with E-state index in [2.05, 4.69) is 10.3 Å². The lowest BCUT2D eigenvalue weighted by atomic mass is 9.89. The number of halogens is 3. The first kappa shape index (κ1) is 17.9. The number of pyridine rings is 1. The van der Waals surface area contributed by atoms with Gasteiger partial charge in [-0.05, 0) is 54.1 Å². The summed E-state index contributed by atoms with van der Waals surface area (Å²) in [6.45, 7) is 0.688. The van der Waals surface area contributed by atoms with Gasteiger partial charge in [0.15, 0.2) is 11.6 Å². The monoisotopic (exact) mass is 372 g/mol. The van der Waals surface area contributed by atoms with E-state index in [-0.39, 0.29) is 24.6 Å². The summed E-state index contributed by atoms with van der Waals surface area (Å²) in [5.41, 5.74) is 1.25. The van der Waals surface area contributed by atoms with E-state index in [1.807, 2.05) is 6.07 Å². The molecule has 4 rings (SSSR count). The number of fused-ring (bicyclic) bond motifs is 1. The summed E-state index contributed by atoms with van der Waals surface area (Å²) < 4.78 is 46.0. The van der Waals surface area contributed by atoms with Crippen molar-refractivity contribution in [2.75, 3.05) is 0 Å². The summed E-state index contributed by atoms with van der Waals surface area (Å²) in [4.78, 5) is 4.07. The quantitative estimate of drug-likeness (QED) is 0.692. The van der Waals surface area contributed by atoms with Gasteiger partial charge in [0.05, 0.1) is 12.7 Å². The topological polar surface area (TPSA) is 34.1 Å². The Labute approximate surface area is 155 Å². The Morgan fingerprint density at radius 3 is 2.63 bits per heavy atom. The maximum Gasteiger partial charge on any atom is 0.159 e. The molecule has 1 saturated carbocycles. The molecule has 1 fully saturated rings. The van der Waals surface area contributed by atoms with Gasteiger partial charge in [0.1, 0.15) is 5.82 Å². The van der Waals surface area contributed by atoms with Crippen LogP contribution in [0.3, 0.4) is 0 Å². The number of rotatable bonds is 6. The molecule has 3 aromatic rings. The van der Waals surface area contributed by atoms with Crippen LogP contribution in [0.5, 0.6) is 0 Å². The van der Waals surface area contributed by atoms with Gasteiger partial charge in [-0.3, -0.25) is 4.98 Å². The second-order valence-electron chi connectivity index (χ2n) is 6.85. The lowest BCUT2D eigenvalue weighted by molar-refractivity contribution is -0.0270. The van der Waals surface area contributed by atoms with Crippen molar-refractivity contribution in [3.05, 3.63) is 77.4 Å². The molecule has 0 saturated heterocycles. The molecule has 140 valence electrons. The average Bonchev–Trinajstić information content (AvgIpc) is 2.64. The predicted octanol–water partition coefficient (Wildman–Crippen LogP) is 4.49. The molecule has 1 aromatic heterocycles. The Bertz CT molecular complexity index is 957. The molecule has 0 bridgehead atoms. The Kier molecular flexibility index (Phi) is 5.09. The molecule has 0 unspecified atom stereocenters. The summed E-state index contributed by atoms with van der Waals surface area (Å²) in [7, 11) is 0. The molecule has 3 nitrogen and oxygen atoms in total. The highest BCUT2D eigenvalue weighted by Gasteiger charge is 2.29. The summed E-state index contributed by atoms with van der Waals surface area (Å²) in [6, 6.07) is 9.04. The molecular formula is C21H19F3N2O. The van der Waals surface area contributed by atoms with Crippen molar-refractivity contribution in [2.24, 2.45) is 0 Å². The van der Waals surface area contributed by atoms with Crippen molar-refractivity contribution in [3.8, 4) is 0 Å². The third kappa shape index (κ3) is 3.96. The van der Waals surface area contributed by atoms with Crippen molar-refractivity contribution in [3.63, 3.8) is 0 Å². The highest BCUT2D eigenvalue weighted by atomic mass is 19.2.